The smallest absolute Gasteiger partial charge is 0.0846 e. The van der Waals surface area contributed by atoms with Crippen molar-refractivity contribution in [1.82, 2.24) is 5.32 Å². The highest BCUT2D eigenvalue weighted by molar-refractivity contribution is 5.19. The minimum Gasteiger partial charge on any atom is -0.381 e. The number of nitrogens with one attached hydrogen (secondary N) is 1. The molecule has 3 nitrogen and oxygen atoms in total. The fourth-order valence-corrected chi connectivity index (χ4v) is 2.89. The van der Waals surface area contributed by atoms with Crippen molar-refractivity contribution in [2.45, 2.75) is 38.3 Å². The van der Waals surface area contributed by atoms with Crippen LogP contribution < -0.4 is 5.32 Å². The van der Waals surface area contributed by atoms with Crippen molar-refractivity contribution in [1.29, 1.82) is 0 Å². The molecular formula is C17H27NO2. The van der Waals surface area contributed by atoms with Crippen molar-refractivity contribution in [3.05, 3.63) is 35.9 Å². The van der Waals surface area contributed by atoms with Crippen LogP contribution in [0.5, 0.6) is 0 Å². The van der Waals surface area contributed by atoms with E-state index < -0.39 is 0 Å². The molecule has 2 rings (SSSR count). The molecule has 1 atom stereocenters. The van der Waals surface area contributed by atoms with E-state index in [9.17, 15) is 0 Å². The quantitative estimate of drug-likeness (QED) is 0.866. The molecular weight excluding hydrogens is 250 g/mol. The Morgan fingerprint density at radius 3 is 2.40 bits per heavy atom. The molecule has 0 amide bonds. The van der Waals surface area contributed by atoms with Gasteiger partial charge in [0.05, 0.1) is 5.60 Å². The molecule has 0 aliphatic carbocycles. The molecule has 3 heteroatoms. The summed E-state index contributed by atoms with van der Waals surface area (Å²) in [6.45, 7) is 6.99. The van der Waals surface area contributed by atoms with E-state index in [4.69, 9.17) is 9.47 Å². The van der Waals surface area contributed by atoms with Crippen molar-refractivity contribution >= 4 is 0 Å². The standard InChI is InChI=1S/C17H27NO2/c1-14(2)16(15-7-5-4-6-8-15)18-13-17(19-3)9-11-20-12-10-17/h4-8,14,16,18H,9-13H2,1-3H3/t16-/m0/s1. The second-order valence-corrected chi connectivity index (χ2v) is 6.01. The summed E-state index contributed by atoms with van der Waals surface area (Å²) in [7, 11) is 1.82. The van der Waals surface area contributed by atoms with Gasteiger partial charge in [0.2, 0.25) is 0 Å². The summed E-state index contributed by atoms with van der Waals surface area (Å²) in [6.07, 6.45) is 1.94. The van der Waals surface area contributed by atoms with E-state index in [0.717, 1.165) is 32.6 Å². The third-order valence-electron chi connectivity index (χ3n) is 4.31. The summed E-state index contributed by atoms with van der Waals surface area (Å²) in [4.78, 5) is 0. The average molecular weight is 277 g/mol. The first-order valence-electron chi connectivity index (χ1n) is 7.58. The Morgan fingerprint density at radius 1 is 1.20 bits per heavy atom. The van der Waals surface area contributed by atoms with E-state index in [1.165, 1.54) is 5.56 Å². The zero-order valence-electron chi connectivity index (χ0n) is 12.9. The lowest BCUT2D eigenvalue weighted by Gasteiger charge is -2.38. The SMILES string of the molecule is COC1(CN[C@H](c2ccccc2)C(C)C)CCOCC1. The van der Waals surface area contributed by atoms with Crippen LogP contribution in [0.25, 0.3) is 0 Å². The maximum Gasteiger partial charge on any atom is 0.0846 e. The van der Waals surface area contributed by atoms with Crippen LogP contribution in [0.15, 0.2) is 30.3 Å². The van der Waals surface area contributed by atoms with Crippen LogP contribution in [0, 0.1) is 5.92 Å². The van der Waals surface area contributed by atoms with Gasteiger partial charge in [-0.25, -0.2) is 0 Å². The van der Waals surface area contributed by atoms with Crippen molar-refractivity contribution in [3.8, 4) is 0 Å². The van der Waals surface area contributed by atoms with Gasteiger partial charge in [0, 0.05) is 45.8 Å². The van der Waals surface area contributed by atoms with Gasteiger partial charge in [-0.3, -0.25) is 0 Å². The summed E-state index contributed by atoms with van der Waals surface area (Å²) >= 11 is 0. The van der Waals surface area contributed by atoms with Gasteiger partial charge in [-0.05, 0) is 11.5 Å². The van der Waals surface area contributed by atoms with Crippen LogP contribution in [-0.2, 0) is 9.47 Å². The van der Waals surface area contributed by atoms with Crippen molar-refractivity contribution in [2.24, 2.45) is 5.92 Å². The van der Waals surface area contributed by atoms with Crippen LogP contribution in [0.3, 0.4) is 0 Å². The number of rotatable bonds is 6. The molecule has 0 radical (unpaired) electrons. The topological polar surface area (TPSA) is 30.5 Å². The molecule has 1 saturated heterocycles. The second kappa shape index (κ2) is 7.21. The van der Waals surface area contributed by atoms with E-state index in [0.29, 0.717) is 12.0 Å². The summed E-state index contributed by atoms with van der Waals surface area (Å²) in [5.74, 6) is 0.547. The van der Waals surface area contributed by atoms with Gasteiger partial charge in [-0.2, -0.15) is 0 Å². The molecule has 0 unspecified atom stereocenters. The van der Waals surface area contributed by atoms with Gasteiger partial charge in [-0.15, -0.1) is 0 Å². The number of benzene rings is 1. The van der Waals surface area contributed by atoms with Crippen LogP contribution in [0.2, 0.25) is 0 Å². The molecule has 112 valence electrons. The Bertz CT molecular complexity index is 385. The Morgan fingerprint density at radius 2 is 1.85 bits per heavy atom. The first kappa shape index (κ1) is 15.5. The fraction of sp³-hybridized carbons (Fsp3) is 0.647. The maximum atomic E-state index is 5.80. The van der Waals surface area contributed by atoms with E-state index >= 15 is 0 Å². The molecule has 0 saturated carbocycles. The van der Waals surface area contributed by atoms with Crippen molar-refractivity contribution in [2.75, 3.05) is 26.9 Å². The number of ether oxygens (including phenoxy) is 2. The molecule has 1 N–H and O–H groups in total. The van der Waals surface area contributed by atoms with E-state index in [2.05, 4.69) is 49.5 Å². The lowest BCUT2D eigenvalue weighted by molar-refractivity contribution is -0.0892. The highest BCUT2D eigenvalue weighted by atomic mass is 16.5. The first-order valence-corrected chi connectivity index (χ1v) is 7.58. The summed E-state index contributed by atoms with van der Waals surface area (Å²) in [5.41, 5.74) is 1.28. The molecule has 1 aliphatic rings. The van der Waals surface area contributed by atoms with Gasteiger partial charge in [0.1, 0.15) is 0 Å². The fourth-order valence-electron chi connectivity index (χ4n) is 2.89. The summed E-state index contributed by atoms with van der Waals surface area (Å²) in [5, 5.41) is 3.72. The molecule has 1 aromatic carbocycles. The molecule has 0 bridgehead atoms. The minimum atomic E-state index is -0.0693. The summed E-state index contributed by atoms with van der Waals surface area (Å²) < 4.78 is 11.3. The van der Waals surface area contributed by atoms with Crippen LogP contribution in [0.4, 0.5) is 0 Å². The van der Waals surface area contributed by atoms with Gasteiger partial charge in [-0.1, -0.05) is 44.2 Å². The van der Waals surface area contributed by atoms with Crippen LogP contribution >= 0.6 is 0 Å². The van der Waals surface area contributed by atoms with Crippen LogP contribution in [0.1, 0.15) is 38.3 Å². The predicted octanol–water partition coefficient (Wildman–Crippen LogP) is 3.17. The van der Waals surface area contributed by atoms with Gasteiger partial charge < -0.3 is 14.8 Å². The largest absolute Gasteiger partial charge is 0.381 e. The van der Waals surface area contributed by atoms with Gasteiger partial charge in [0.25, 0.3) is 0 Å². The lowest BCUT2D eigenvalue weighted by atomic mass is 9.91. The normalized spacial score (nSPS) is 20.0. The van der Waals surface area contributed by atoms with Gasteiger partial charge in [0.15, 0.2) is 0 Å². The number of hydrogen-bond acceptors (Lipinski definition) is 3. The lowest BCUT2D eigenvalue weighted by Crippen LogP contribution is -2.48. The van der Waals surface area contributed by atoms with Crippen LogP contribution in [-0.4, -0.2) is 32.5 Å². The Hall–Kier alpha value is -0.900. The summed E-state index contributed by atoms with van der Waals surface area (Å²) in [6, 6.07) is 11.0. The zero-order valence-corrected chi connectivity index (χ0v) is 12.9. The Labute approximate surface area is 122 Å². The molecule has 1 fully saturated rings. The predicted molar refractivity (Wildman–Crippen MR) is 81.8 cm³/mol. The molecule has 1 aliphatic heterocycles. The molecule has 20 heavy (non-hydrogen) atoms. The average Bonchev–Trinajstić information content (AvgIpc) is 2.49. The monoisotopic (exact) mass is 277 g/mol. The third kappa shape index (κ3) is 3.81. The Balaban J connectivity index is 2.02. The Kier molecular flexibility index (Phi) is 5.58. The maximum absolute atomic E-state index is 5.80. The molecule has 1 heterocycles. The highest BCUT2D eigenvalue weighted by Gasteiger charge is 2.33. The second-order valence-electron chi connectivity index (χ2n) is 6.01. The molecule has 0 spiro atoms. The van der Waals surface area contributed by atoms with E-state index in [1.54, 1.807) is 0 Å². The zero-order chi connectivity index (χ0) is 14.4. The minimum absolute atomic E-state index is 0.0693. The molecule has 0 aromatic heterocycles. The first-order chi connectivity index (χ1) is 9.67. The number of hydrogen-bond donors (Lipinski definition) is 1. The van der Waals surface area contributed by atoms with E-state index in [1.807, 2.05) is 7.11 Å². The van der Waals surface area contributed by atoms with Crippen molar-refractivity contribution < 1.29 is 9.47 Å². The third-order valence-corrected chi connectivity index (χ3v) is 4.31. The highest BCUT2D eigenvalue weighted by Crippen LogP contribution is 2.27. The molecule has 1 aromatic rings. The number of methoxy groups -OCH3 is 1. The van der Waals surface area contributed by atoms with Gasteiger partial charge >= 0.3 is 0 Å². The van der Waals surface area contributed by atoms with Crippen molar-refractivity contribution in [3.63, 3.8) is 0 Å². The van der Waals surface area contributed by atoms with E-state index in [-0.39, 0.29) is 5.60 Å².